The van der Waals surface area contributed by atoms with Gasteiger partial charge in [-0.1, -0.05) is 6.07 Å². The normalized spacial score (nSPS) is 24.4. The van der Waals surface area contributed by atoms with Gasteiger partial charge in [0, 0.05) is 47.8 Å². The Hall–Kier alpha value is -4.50. The Morgan fingerprint density at radius 3 is 2.32 bits per heavy atom. The number of nitrogens with one attached hydrogen (secondary N) is 1. The summed E-state index contributed by atoms with van der Waals surface area (Å²) in [7, 11) is 3.09. The number of nitriles is 1. The maximum atomic E-state index is 14.6. The molecular formula is C32H31F7N4O7. The Labute approximate surface area is 280 Å². The van der Waals surface area contributed by atoms with Crippen LogP contribution in [-0.4, -0.2) is 90.4 Å². The number of carbonyl (C=O) groups excluding carboxylic acids is 2. The number of methoxy groups -OCH3 is 1. The molecule has 2 aromatic carbocycles. The second-order valence-corrected chi connectivity index (χ2v) is 12.7. The van der Waals surface area contributed by atoms with Gasteiger partial charge in [0.25, 0.3) is 5.91 Å². The monoisotopic (exact) mass is 716 g/mol. The maximum absolute atomic E-state index is 14.6. The highest BCUT2D eigenvalue weighted by Gasteiger charge is 2.76. The van der Waals surface area contributed by atoms with Crippen molar-refractivity contribution >= 4 is 11.9 Å². The number of hydrogen-bond donors (Lipinski definition) is 2. The van der Waals surface area contributed by atoms with Crippen LogP contribution >= 0.6 is 0 Å². The SMILES string of the molecule is COc1c(C)cc2c(c1O)[C@H]1C3Cc4c(OC(C)=O)c(C)c5c(c4[C@H](CNC(=O)C(F)(F)C(F)(F)C(F)(F)F)N3[C@@H](C#N)C(C2)N1C)OCO5. The van der Waals surface area contributed by atoms with Gasteiger partial charge in [-0.05, 0) is 44.9 Å². The summed E-state index contributed by atoms with van der Waals surface area (Å²) in [6.45, 7) is 3.06. The Morgan fingerprint density at radius 2 is 1.72 bits per heavy atom. The number of amides is 1. The van der Waals surface area contributed by atoms with Crippen molar-refractivity contribution in [1.29, 1.82) is 5.26 Å². The lowest BCUT2D eigenvalue weighted by molar-refractivity contribution is -0.344. The number of benzene rings is 2. The van der Waals surface area contributed by atoms with Crippen molar-refractivity contribution in [3.05, 3.63) is 39.4 Å². The molecule has 0 saturated carbocycles. The number of phenolic OH excluding ortho intramolecular Hbond substituents is 1. The number of piperazine rings is 1. The van der Waals surface area contributed by atoms with Gasteiger partial charge in [0.2, 0.25) is 6.79 Å². The fourth-order valence-corrected chi connectivity index (χ4v) is 7.93. The summed E-state index contributed by atoms with van der Waals surface area (Å²) in [5.74, 6) is -16.5. The zero-order chi connectivity index (χ0) is 36.8. The lowest BCUT2D eigenvalue weighted by atomic mass is 9.71. The summed E-state index contributed by atoms with van der Waals surface area (Å²) in [5.41, 5.74) is 2.39. The van der Waals surface area contributed by atoms with Crippen molar-refractivity contribution in [3.8, 4) is 34.8 Å². The van der Waals surface area contributed by atoms with Crippen LogP contribution < -0.4 is 24.3 Å². The summed E-state index contributed by atoms with van der Waals surface area (Å²) in [6.07, 6.45) is -6.58. The molecule has 4 aliphatic heterocycles. The lowest BCUT2D eigenvalue weighted by Crippen LogP contribution is -2.69. The van der Waals surface area contributed by atoms with E-state index in [4.69, 9.17) is 18.9 Å². The van der Waals surface area contributed by atoms with Crippen molar-refractivity contribution in [2.45, 2.75) is 81.8 Å². The third-order valence-corrected chi connectivity index (χ3v) is 10.0. The van der Waals surface area contributed by atoms with Crippen molar-refractivity contribution in [3.63, 3.8) is 0 Å². The first-order chi connectivity index (χ1) is 23.3. The highest BCUT2D eigenvalue weighted by atomic mass is 19.4. The summed E-state index contributed by atoms with van der Waals surface area (Å²) >= 11 is 0. The molecular weight excluding hydrogens is 685 g/mol. The number of phenols is 1. The minimum atomic E-state index is -6.76. The molecule has 1 amide bonds. The Kier molecular flexibility index (Phi) is 8.33. The van der Waals surface area contributed by atoms with Crippen molar-refractivity contribution in [2.24, 2.45) is 0 Å². The Morgan fingerprint density at radius 1 is 1.06 bits per heavy atom. The third kappa shape index (κ3) is 4.91. The van der Waals surface area contributed by atoms with E-state index < -0.39 is 66.7 Å². The topological polar surface area (TPSA) is 134 Å². The second kappa shape index (κ2) is 11.8. The van der Waals surface area contributed by atoms with Crippen LogP contribution in [0.4, 0.5) is 30.7 Å². The molecule has 5 atom stereocenters. The molecule has 18 heteroatoms. The number of nitrogens with zero attached hydrogens (tertiary/aromatic N) is 3. The number of halogens is 7. The van der Waals surface area contributed by atoms with Gasteiger partial charge in [-0.25, -0.2) is 0 Å². The quantitative estimate of drug-likeness (QED) is 0.252. The van der Waals surface area contributed by atoms with Gasteiger partial charge in [0.1, 0.15) is 11.8 Å². The number of likely N-dealkylation sites (N-methyl/N-ethyl adjacent to an activating group) is 1. The van der Waals surface area contributed by atoms with Crippen LogP contribution in [0.15, 0.2) is 6.07 Å². The van der Waals surface area contributed by atoms with Crippen LogP contribution in [0, 0.1) is 25.2 Å². The minimum Gasteiger partial charge on any atom is -0.504 e. The summed E-state index contributed by atoms with van der Waals surface area (Å²) in [6, 6.07) is -0.723. The molecule has 50 heavy (non-hydrogen) atoms. The van der Waals surface area contributed by atoms with E-state index in [1.165, 1.54) is 7.11 Å². The van der Waals surface area contributed by atoms with Gasteiger partial charge in [-0.2, -0.15) is 36.0 Å². The molecule has 11 nitrogen and oxygen atoms in total. The van der Waals surface area contributed by atoms with E-state index in [-0.39, 0.29) is 59.5 Å². The van der Waals surface area contributed by atoms with E-state index in [9.17, 15) is 50.7 Å². The molecule has 2 aromatic rings. The fraction of sp³-hybridized carbons (Fsp3) is 0.531. The molecule has 0 aliphatic carbocycles. The first kappa shape index (κ1) is 35.3. The minimum absolute atomic E-state index is 0.0123. The highest BCUT2D eigenvalue weighted by Crippen LogP contribution is 2.58. The maximum Gasteiger partial charge on any atom is 0.460 e. The molecule has 1 fully saturated rings. The summed E-state index contributed by atoms with van der Waals surface area (Å²) < 4.78 is 118. The lowest BCUT2D eigenvalue weighted by Gasteiger charge is -2.60. The fourth-order valence-electron chi connectivity index (χ4n) is 7.93. The molecule has 4 heterocycles. The number of fused-ring (bicyclic) bond motifs is 9. The zero-order valence-electron chi connectivity index (χ0n) is 27.2. The van der Waals surface area contributed by atoms with Crippen LogP contribution in [0.5, 0.6) is 28.7 Å². The van der Waals surface area contributed by atoms with Gasteiger partial charge in [0.15, 0.2) is 23.0 Å². The number of esters is 1. The van der Waals surface area contributed by atoms with E-state index in [0.29, 0.717) is 22.3 Å². The number of hydrogen-bond acceptors (Lipinski definition) is 10. The van der Waals surface area contributed by atoms with Crippen LogP contribution in [0.25, 0.3) is 0 Å². The molecule has 1 saturated heterocycles. The van der Waals surface area contributed by atoms with E-state index in [1.807, 2.05) is 11.0 Å². The van der Waals surface area contributed by atoms with E-state index in [0.717, 1.165) is 6.92 Å². The van der Waals surface area contributed by atoms with Crippen molar-refractivity contribution < 1.29 is 64.4 Å². The van der Waals surface area contributed by atoms with Crippen LogP contribution in [-0.2, 0) is 22.4 Å². The third-order valence-electron chi connectivity index (χ3n) is 10.0. The molecule has 270 valence electrons. The van der Waals surface area contributed by atoms with Crippen molar-refractivity contribution in [1.82, 2.24) is 15.1 Å². The number of ether oxygens (including phenoxy) is 4. The predicted molar refractivity (Wildman–Crippen MR) is 156 cm³/mol. The standard InChI is InChI=1S/C32H31F7N4O7/c1-12-6-15-7-17-19(9-40)43-18(23(42(17)4)21(15)24(45)25(12)47-5)8-16-22(28-27(48-11-49-28)13(2)26(16)50-14(3)44)20(43)10-41-29(46)30(33,34)31(35,36)32(37,38)39/h6,17-20,23,45H,7-8,10-11H2,1-5H3,(H,41,46)/t17?,18?,19-,20-,23+/m0/s1. The highest BCUT2D eigenvalue weighted by molar-refractivity contribution is 5.85. The van der Waals surface area contributed by atoms with E-state index >= 15 is 0 Å². The van der Waals surface area contributed by atoms with Crippen LogP contribution in [0.2, 0.25) is 0 Å². The average molecular weight is 717 g/mol. The smallest absolute Gasteiger partial charge is 0.460 e. The predicted octanol–water partition coefficient (Wildman–Crippen LogP) is 4.39. The number of rotatable bonds is 6. The van der Waals surface area contributed by atoms with Crippen LogP contribution in [0.3, 0.4) is 0 Å². The van der Waals surface area contributed by atoms with Gasteiger partial charge in [-0.15, -0.1) is 0 Å². The van der Waals surface area contributed by atoms with Gasteiger partial charge in [-0.3, -0.25) is 19.4 Å². The average Bonchev–Trinajstić information content (AvgIpc) is 3.52. The first-order valence-electron chi connectivity index (χ1n) is 15.3. The molecule has 0 spiro atoms. The number of alkyl halides is 7. The van der Waals surface area contributed by atoms with Gasteiger partial charge in [0.05, 0.1) is 25.3 Å². The number of aromatic hydroxyl groups is 1. The molecule has 6 rings (SSSR count). The largest absolute Gasteiger partial charge is 0.504 e. The molecule has 2 unspecified atom stereocenters. The van der Waals surface area contributed by atoms with Crippen LogP contribution in [0.1, 0.15) is 52.4 Å². The molecule has 0 radical (unpaired) electrons. The summed E-state index contributed by atoms with van der Waals surface area (Å²) in [4.78, 5) is 28.3. The van der Waals surface area contributed by atoms with Gasteiger partial charge < -0.3 is 29.4 Å². The first-order valence-corrected chi connectivity index (χ1v) is 15.3. The van der Waals surface area contributed by atoms with Gasteiger partial charge >= 0.3 is 24.0 Å². The van der Waals surface area contributed by atoms with Crippen molar-refractivity contribution in [2.75, 3.05) is 27.5 Å². The Bertz CT molecular complexity index is 1830. The summed E-state index contributed by atoms with van der Waals surface area (Å²) in [5, 5.41) is 23.7. The molecule has 2 bridgehead atoms. The Balaban J connectivity index is 1.56. The number of carbonyl (C=O) groups is 2. The van der Waals surface area contributed by atoms with E-state index in [2.05, 4.69) is 6.07 Å². The molecule has 2 N–H and O–H groups in total. The number of aryl methyl sites for hydroxylation is 1. The zero-order valence-corrected chi connectivity index (χ0v) is 27.2. The van der Waals surface area contributed by atoms with E-state index in [1.54, 1.807) is 31.1 Å². The molecule has 4 aliphatic rings. The second-order valence-electron chi connectivity index (χ2n) is 12.7. The molecule has 0 aromatic heterocycles.